The van der Waals surface area contributed by atoms with E-state index in [0.29, 0.717) is 0 Å². The summed E-state index contributed by atoms with van der Waals surface area (Å²) in [6.45, 7) is 3.59. The maximum Gasteiger partial charge on any atom is 0.338 e. The first-order valence-electron chi connectivity index (χ1n) is 9.40. The van der Waals surface area contributed by atoms with Gasteiger partial charge in [-0.15, -0.1) is 11.3 Å². The summed E-state index contributed by atoms with van der Waals surface area (Å²) in [5.74, 6) is -1.17. The molecular formula is C22H22N2O5S. The van der Waals surface area contributed by atoms with Gasteiger partial charge >= 0.3 is 18.0 Å². The number of amides is 2. The third-order valence-electron chi connectivity index (χ3n) is 4.32. The Morgan fingerprint density at radius 2 is 1.93 bits per heavy atom. The van der Waals surface area contributed by atoms with E-state index in [9.17, 15) is 14.4 Å². The lowest BCUT2D eigenvalue weighted by Crippen LogP contribution is -2.46. The van der Waals surface area contributed by atoms with Gasteiger partial charge in [0.1, 0.15) is 6.61 Å². The van der Waals surface area contributed by atoms with E-state index in [4.69, 9.17) is 9.47 Å². The summed E-state index contributed by atoms with van der Waals surface area (Å²) in [5, 5.41) is 7.14. The second-order valence-corrected chi connectivity index (χ2v) is 7.49. The van der Waals surface area contributed by atoms with Crippen molar-refractivity contribution in [2.24, 2.45) is 0 Å². The number of aryl methyl sites for hydroxylation is 1. The fourth-order valence-electron chi connectivity index (χ4n) is 2.88. The Hall–Kier alpha value is -3.39. The number of carbonyl (C=O) groups is 3. The van der Waals surface area contributed by atoms with E-state index in [1.54, 1.807) is 13.0 Å². The number of thiophene rings is 1. The molecule has 1 aliphatic rings. The number of esters is 2. The molecule has 0 aliphatic carbocycles. The average molecular weight is 426 g/mol. The first-order valence-corrected chi connectivity index (χ1v) is 10.3. The lowest BCUT2D eigenvalue weighted by atomic mass is 10.0. The summed E-state index contributed by atoms with van der Waals surface area (Å²) < 4.78 is 10.4. The van der Waals surface area contributed by atoms with Crippen LogP contribution in [0.15, 0.2) is 59.1 Å². The molecule has 8 heteroatoms. The average Bonchev–Trinajstić information content (AvgIpc) is 3.26. The lowest BCUT2D eigenvalue weighted by molar-refractivity contribution is -0.140. The van der Waals surface area contributed by atoms with E-state index >= 15 is 0 Å². The molecule has 0 bridgehead atoms. The molecule has 2 amide bonds. The van der Waals surface area contributed by atoms with Crippen molar-refractivity contribution in [3.63, 3.8) is 0 Å². The largest absolute Gasteiger partial charge is 0.463 e. The Labute approximate surface area is 178 Å². The van der Waals surface area contributed by atoms with Crippen LogP contribution >= 0.6 is 11.3 Å². The molecule has 1 unspecified atom stereocenters. The number of benzene rings is 1. The van der Waals surface area contributed by atoms with Gasteiger partial charge in [0.25, 0.3) is 0 Å². The van der Waals surface area contributed by atoms with Crippen LogP contribution in [0, 0.1) is 6.92 Å². The quantitative estimate of drug-likeness (QED) is 0.522. The highest BCUT2D eigenvalue weighted by atomic mass is 32.1. The van der Waals surface area contributed by atoms with Crippen molar-refractivity contribution in [1.29, 1.82) is 0 Å². The highest BCUT2D eigenvalue weighted by molar-refractivity contribution is 7.10. The zero-order valence-corrected chi connectivity index (χ0v) is 17.5. The molecule has 2 heterocycles. The number of hydrogen-bond donors (Lipinski definition) is 2. The molecule has 0 spiro atoms. The van der Waals surface area contributed by atoms with Gasteiger partial charge in [-0.2, -0.15) is 0 Å². The normalized spacial score (nSPS) is 16.2. The second kappa shape index (κ2) is 9.89. The van der Waals surface area contributed by atoms with Crippen LogP contribution in [0.3, 0.4) is 0 Å². The smallest absolute Gasteiger partial charge is 0.338 e. The van der Waals surface area contributed by atoms with E-state index in [0.717, 1.165) is 16.0 Å². The number of nitrogens with one attached hydrogen (secondary N) is 2. The van der Waals surface area contributed by atoms with Gasteiger partial charge in [-0.3, -0.25) is 0 Å². The third kappa shape index (κ3) is 5.36. The maximum absolute atomic E-state index is 12.6. The zero-order chi connectivity index (χ0) is 21.5. The first kappa shape index (κ1) is 21.3. The van der Waals surface area contributed by atoms with Crippen LogP contribution in [0.2, 0.25) is 0 Å². The third-order valence-corrected chi connectivity index (χ3v) is 5.26. The molecule has 1 aromatic carbocycles. The van der Waals surface area contributed by atoms with Gasteiger partial charge < -0.3 is 20.1 Å². The molecule has 3 rings (SSSR count). The van der Waals surface area contributed by atoms with Crippen LogP contribution < -0.4 is 10.6 Å². The Balaban J connectivity index is 1.78. The summed E-state index contributed by atoms with van der Waals surface area (Å²) in [5.41, 5.74) is 2.40. The minimum atomic E-state index is -0.672. The Morgan fingerprint density at radius 3 is 2.60 bits per heavy atom. The second-order valence-electron chi connectivity index (χ2n) is 6.51. The van der Waals surface area contributed by atoms with Crippen molar-refractivity contribution in [2.75, 3.05) is 13.2 Å². The Morgan fingerprint density at radius 1 is 1.17 bits per heavy atom. The van der Waals surface area contributed by atoms with Crippen molar-refractivity contribution in [3.8, 4) is 0 Å². The van der Waals surface area contributed by atoms with E-state index in [-0.39, 0.29) is 24.5 Å². The highest BCUT2D eigenvalue weighted by Gasteiger charge is 2.34. The van der Waals surface area contributed by atoms with Crippen LogP contribution in [0.1, 0.15) is 29.0 Å². The molecule has 1 aliphatic heterocycles. The molecule has 0 fully saturated rings. The van der Waals surface area contributed by atoms with Gasteiger partial charge in [0.15, 0.2) is 0 Å². The Bertz CT molecular complexity index is 977. The first-order chi connectivity index (χ1) is 14.5. The molecule has 156 valence electrons. The van der Waals surface area contributed by atoms with Crippen molar-refractivity contribution in [2.45, 2.75) is 19.9 Å². The van der Waals surface area contributed by atoms with Gasteiger partial charge in [0.2, 0.25) is 0 Å². The van der Waals surface area contributed by atoms with Crippen molar-refractivity contribution in [3.05, 3.63) is 75.1 Å². The maximum atomic E-state index is 12.6. The van der Waals surface area contributed by atoms with Crippen LogP contribution in [0.4, 0.5) is 4.79 Å². The lowest BCUT2D eigenvalue weighted by Gasteiger charge is -2.28. The highest BCUT2D eigenvalue weighted by Crippen LogP contribution is 2.30. The predicted molar refractivity (Wildman–Crippen MR) is 114 cm³/mol. The molecule has 30 heavy (non-hydrogen) atoms. The Kier molecular flexibility index (Phi) is 7.03. The molecule has 2 aromatic rings. The van der Waals surface area contributed by atoms with Crippen LogP contribution in [0.5, 0.6) is 0 Å². The topological polar surface area (TPSA) is 93.7 Å². The van der Waals surface area contributed by atoms with Crippen molar-refractivity contribution < 1.29 is 23.9 Å². The molecular weight excluding hydrogens is 404 g/mol. The molecule has 1 atom stereocenters. The fourth-order valence-corrected chi connectivity index (χ4v) is 3.67. The SMILES string of the molecule is CCOC(=O)C1=C(COC(=O)C=Cc2ccc(C)cc2)NC(=O)NC1c1cccs1. The molecule has 2 N–H and O–H groups in total. The molecule has 0 radical (unpaired) electrons. The minimum Gasteiger partial charge on any atom is -0.463 e. The molecule has 1 aromatic heterocycles. The van der Waals surface area contributed by atoms with E-state index < -0.39 is 24.0 Å². The predicted octanol–water partition coefficient (Wildman–Crippen LogP) is 3.48. The molecule has 7 nitrogen and oxygen atoms in total. The van der Waals surface area contributed by atoms with Crippen LogP contribution in [-0.4, -0.2) is 31.2 Å². The summed E-state index contributed by atoms with van der Waals surface area (Å²) in [6.07, 6.45) is 2.94. The van der Waals surface area contributed by atoms with Gasteiger partial charge in [-0.05, 0) is 36.9 Å². The number of ether oxygens (including phenoxy) is 2. The van der Waals surface area contributed by atoms with Crippen LogP contribution in [-0.2, 0) is 19.1 Å². The number of rotatable bonds is 7. The zero-order valence-electron chi connectivity index (χ0n) is 16.6. The summed E-state index contributed by atoms with van der Waals surface area (Å²) in [4.78, 5) is 37.6. The van der Waals surface area contributed by atoms with Gasteiger partial charge in [-0.1, -0.05) is 35.9 Å². The standard InChI is InChI=1S/C22H22N2O5S/c1-3-28-21(26)19-16(23-22(27)24-20(19)17-5-4-12-30-17)13-29-18(25)11-10-15-8-6-14(2)7-9-15/h4-12,20H,3,13H2,1-2H3,(H2,23,24,27). The van der Waals surface area contributed by atoms with Gasteiger partial charge in [0.05, 0.1) is 23.9 Å². The van der Waals surface area contributed by atoms with E-state index in [1.165, 1.54) is 17.4 Å². The fraction of sp³-hybridized carbons (Fsp3) is 0.227. The minimum absolute atomic E-state index is 0.180. The number of carbonyl (C=O) groups excluding carboxylic acids is 3. The van der Waals surface area contributed by atoms with E-state index in [2.05, 4.69) is 10.6 Å². The summed E-state index contributed by atoms with van der Waals surface area (Å²) in [6, 6.07) is 10.1. The molecule has 0 saturated carbocycles. The number of urea groups is 1. The van der Waals surface area contributed by atoms with Crippen molar-refractivity contribution >= 4 is 35.4 Å². The summed E-state index contributed by atoms with van der Waals surface area (Å²) in [7, 11) is 0. The monoisotopic (exact) mass is 426 g/mol. The summed E-state index contributed by atoms with van der Waals surface area (Å²) >= 11 is 1.40. The van der Waals surface area contributed by atoms with Gasteiger partial charge in [0, 0.05) is 11.0 Å². The van der Waals surface area contributed by atoms with Gasteiger partial charge in [-0.25, -0.2) is 14.4 Å². The number of hydrogen-bond acceptors (Lipinski definition) is 6. The molecule has 0 saturated heterocycles. The van der Waals surface area contributed by atoms with Crippen LogP contribution in [0.25, 0.3) is 6.08 Å². The van der Waals surface area contributed by atoms with E-state index in [1.807, 2.05) is 48.7 Å². The van der Waals surface area contributed by atoms with Crippen molar-refractivity contribution in [1.82, 2.24) is 10.6 Å².